The number of pyridine rings is 3. The molecule has 5 aromatic heterocycles. The normalized spacial score (nSPS) is 11.5. The Balaban J connectivity index is 1.27. The molecule has 5 nitrogen and oxygen atoms in total. The van der Waals surface area contributed by atoms with E-state index < -0.39 is 0 Å². The fourth-order valence-corrected chi connectivity index (χ4v) is 6.45. The van der Waals surface area contributed by atoms with Crippen molar-refractivity contribution in [1.82, 2.24) is 19.4 Å². The maximum absolute atomic E-state index is 6.72. The van der Waals surface area contributed by atoms with Gasteiger partial charge < -0.3 is 4.42 Å². The van der Waals surface area contributed by atoms with Crippen LogP contribution in [-0.2, 0) is 0 Å². The van der Waals surface area contributed by atoms with Gasteiger partial charge in [-0.3, -0.25) is 14.4 Å². The van der Waals surface area contributed by atoms with Gasteiger partial charge in [0, 0.05) is 23.3 Å². The zero-order valence-corrected chi connectivity index (χ0v) is 24.7. The first-order valence-electron chi connectivity index (χ1n) is 15.3. The molecule has 0 bridgehead atoms. The van der Waals surface area contributed by atoms with Gasteiger partial charge >= 0.3 is 0 Å². The maximum atomic E-state index is 6.72. The molecule has 0 spiro atoms. The highest BCUT2D eigenvalue weighted by molar-refractivity contribution is 6.09. The van der Waals surface area contributed by atoms with Crippen LogP contribution in [0.3, 0.4) is 0 Å². The second-order valence-corrected chi connectivity index (χ2v) is 11.3. The van der Waals surface area contributed by atoms with Crippen LogP contribution in [-0.4, -0.2) is 19.4 Å². The lowest BCUT2D eigenvalue weighted by Gasteiger charge is -2.10. The van der Waals surface area contributed by atoms with Gasteiger partial charge in [0.15, 0.2) is 5.58 Å². The highest BCUT2D eigenvalue weighted by Crippen LogP contribution is 2.42. The summed E-state index contributed by atoms with van der Waals surface area (Å²) in [6, 6.07) is 50.0. The third kappa shape index (κ3) is 4.29. The molecule has 46 heavy (non-hydrogen) atoms. The van der Waals surface area contributed by atoms with Gasteiger partial charge in [-0.15, -0.1) is 0 Å². The number of hydrogen-bond acceptors (Lipinski definition) is 4. The third-order valence-corrected chi connectivity index (χ3v) is 8.51. The van der Waals surface area contributed by atoms with Gasteiger partial charge in [0.2, 0.25) is 5.71 Å². The molecule has 0 atom stereocenters. The first-order chi connectivity index (χ1) is 22.8. The Labute approximate surface area is 265 Å². The molecule has 0 aliphatic heterocycles. The van der Waals surface area contributed by atoms with E-state index in [2.05, 4.69) is 117 Å². The summed E-state index contributed by atoms with van der Waals surface area (Å²) in [6.07, 6.45) is 3.59. The van der Waals surface area contributed by atoms with Crippen molar-refractivity contribution in [3.63, 3.8) is 0 Å². The average Bonchev–Trinajstić information content (AvgIpc) is 3.67. The zero-order chi connectivity index (χ0) is 30.5. The Morgan fingerprint density at radius 3 is 1.87 bits per heavy atom. The average molecular weight is 591 g/mol. The van der Waals surface area contributed by atoms with Gasteiger partial charge in [-0.25, -0.2) is 4.98 Å². The van der Waals surface area contributed by atoms with Crippen molar-refractivity contribution >= 4 is 27.7 Å². The standard InChI is InChI=1S/C41H26N4O/c1-2-12-27(13-3-1)31-17-11-21-38-40(31)45-37-20-5-4-16-32(37)39(41(45)46-38)29-15-10-14-28(24-29)30-25-35(33-18-6-8-22-42-33)44-36(26-30)34-19-7-9-23-43-34/h1-26H. The Morgan fingerprint density at radius 1 is 0.478 bits per heavy atom. The Morgan fingerprint density at radius 2 is 1.13 bits per heavy atom. The largest absolute Gasteiger partial charge is 0.438 e. The van der Waals surface area contributed by atoms with E-state index >= 15 is 0 Å². The number of hydrogen-bond donors (Lipinski definition) is 0. The minimum atomic E-state index is 0.798. The van der Waals surface area contributed by atoms with Crippen molar-refractivity contribution in [2.24, 2.45) is 0 Å². The smallest absolute Gasteiger partial charge is 0.213 e. The molecule has 0 N–H and O–H groups in total. The highest BCUT2D eigenvalue weighted by Gasteiger charge is 2.22. The lowest BCUT2D eigenvalue weighted by Crippen LogP contribution is -1.94. The molecule has 9 rings (SSSR count). The minimum absolute atomic E-state index is 0.798. The summed E-state index contributed by atoms with van der Waals surface area (Å²) in [5, 5.41) is 1.14. The van der Waals surface area contributed by atoms with Crippen molar-refractivity contribution < 1.29 is 4.42 Å². The molecule has 0 unspecified atom stereocenters. The predicted molar refractivity (Wildman–Crippen MR) is 185 cm³/mol. The number of fused-ring (bicyclic) bond motifs is 5. The molecular formula is C41H26N4O. The van der Waals surface area contributed by atoms with Crippen LogP contribution in [0.4, 0.5) is 0 Å². The summed E-state index contributed by atoms with van der Waals surface area (Å²) >= 11 is 0. The van der Waals surface area contributed by atoms with Gasteiger partial charge in [0.05, 0.1) is 39.4 Å². The molecule has 0 aliphatic rings. The summed E-state index contributed by atoms with van der Waals surface area (Å²) < 4.78 is 9.00. The van der Waals surface area contributed by atoms with E-state index in [-0.39, 0.29) is 0 Å². The fourth-order valence-electron chi connectivity index (χ4n) is 6.45. The first-order valence-corrected chi connectivity index (χ1v) is 15.3. The molecule has 5 heteroatoms. The van der Waals surface area contributed by atoms with E-state index in [1.54, 1.807) is 12.4 Å². The van der Waals surface area contributed by atoms with E-state index in [1.807, 2.05) is 42.5 Å². The topological polar surface area (TPSA) is 56.2 Å². The summed E-state index contributed by atoms with van der Waals surface area (Å²) in [4.78, 5) is 14.2. The Bertz CT molecular complexity index is 2460. The van der Waals surface area contributed by atoms with E-state index in [4.69, 9.17) is 9.40 Å². The van der Waals surface area contributed by atoms with Gasteiger partial charge in [0.25, 0.3) is 0 Å². The molecule has 5 heterocycles. The van der Waals surface area contributed by atoms with Gasteiger partial charge in [-0.05, 0) is 76.9 Å². The molecule has 0 radical (unpaired) electrons. The number of oxazole rings is 1. The minimum Gasteiger partial charge on any atom is -0.438 e. The van der Waals surface area contributed by atoms with Crippen molar-refractivity contribution in [1.29, 1.82) is 0 Å². The van der Waals surface area contributed by atoms with Gasteiger partial charge in [-0.1, -0.05) is 91.0 Å². The van der Waals surface area contributed by atoms with Crippen LogP contribution >= 0.6 is 0 Å². The van der Waals surface area contributed by atoms with E-state index in [1.165, 1.54) is 0 Å². The van der Waals surface area contributed by atoms with Crippen LogP contribution in [0, 0.1) is 0 Å². The molecule has 0 aliphatic carbocycles. The predicted octanol–water partition coefficient (Wildman–Crippen LogP) is 10.4. The first kappa shape index (κ1) is 26.1. The van der Waals surface area contributed by atoms with Gasteiger partial charge in [0.1, 0.15) is 0 Å². The Kier molecular flexibility index (Phi) is 6.06. The van der Waals surface area contributed by atoms with Crippen LogP contribution in [0.2, 0.25) is 0 Å². The lowest BCUT2D eigenvalue weighted by molar-refractivity contribution is 0.658. The van der Waals surface area contributed by atoms with E-state index in [0.29, 0.717) is 0 Å². The number of aromatic nitrogens is 4. The van der Waals surface area contributed by atoms with Crippen LogP contribution in [0.15, 0.2) is 162 Å². The molecule has 0 fully saturated rings. The molecule has 9 aromatic rings. The fraction of sp³-hybridized carbons (Fsp3) is 0. The number of para-hydroxylation sites is 2. The molecule has 4 aromatic carbocycles. The summed E-state index contributed by atoms with van der Waals surface area (Å²) in [5.41, 5.74) is 13.6. The molecule has 216 valence electrons. The molecule has 0 saturated heterocycles. The maximum Gasteiger partial charge on any atom is 0.213 e. The number of nitrogens with zero attached hydrogens (tertiary/aromatic N) is 4. The van der Waals surface area contributed by atoms with E-state index in [0.717, 1.165) is 83.9 Å². The zero-order valence-electron chi connectivity index (χ0n) is 24.7. The molecular weight excluding hydrogens is 564 g/mol. The van der Waals surface area contributed by atoms with Crippen LogP contribution < -0.4 is 0 Å². The summed E-state index contributed by atoms with van der Waals surface area (Å²) in [6.45, 7) is 0. The van der Waals surface area contributed by atoms with Crippen molar-refractivity contribution in [2.45, 2.75) is 0 Å². The second kappa shape index (κ2) is 10.7. The second-order valence-electron chi connectivity index (χ2n) is 11.3. The van der Waals surface area contributed by atoms with Gasteiger partial charge in [-0.2, -0.15) is 0 Å². The number of benzene rings is 4. The Hall–Kier alpha value is -6.33. The summed E-state index contributed by atoms with van der Waals surface area (Å²) in [7, 11) is 0. The van der Waals surface area contributed by atoms with Crippen molar-refractivity contribution in [2.75, 3.05) is 0 Å². The summed E-state index contributed by atoms with van der Waals surface area (Å²) in [5.74, 6) is 0. The quantitative estimate of drug-likeness (QED) is 0.200. The van der Waals surface area contributed by atoms with Crippen molar-refractivity contribution in [3.05, 3.63) is 158 Å². The highest BCUT2D eigenvalue weighted by atomic mass is 16.3. The van der Waals surface area contributed by atoms with Crippen LogP contribution in [0.5, 0.6) is 0 Å². The monoisotopic (exact) mass is 590 g/mol. The van der Waals surface area contributed by atoms with Crippen LogP contribution in [0.1, 0.15) is 0 Å². The third-order valence-electron chi connectivity index (χ3n) is 8.51. The van der Waals surface area contributed by atoms with Crippen molar-refractivity contribution in [3.8, 4) is 56.2 Å². The van der Waals surface area contributed by atoms with Crippen LogP contribution in [0.25, 0.3) is 83.9 Å². The molecule has 0 saturated carbocycles. The number of rotatable bonds is 5. The SMILES string of the molecule is c1ccc(-c2cccc3oc4c(-c5cccc(-c6cc(-c7ccccn7)nc(-c7ccccn7)c6)c5)c5ccccc5n4c23)cc1. The van der Waals surface area contributed by atoms with E-state index in [9.17, 15) is 0 Å². The molecule has 0 amide bonds. The lowest BCUT2D eigenvalue weighted by atomic mass is 9.97.